The molecule has 16 heavy (non-hydrogen) atoms. The third-order valence-corrected chi connectivity index (χ3v) is 2.80. The second-order valence-corrected chi connectivity index (χ2v) is 4.64. The van der Waals surface area contributed by atoms with E-state index < -0.39 is 5.41 Å². The molecule has 0 unspecified atom stereocenters. The van der Waals surface area contributed by atoms with Gasteiger partial charge in [-0.25, -0.2) is 0 Å². The average molecular weight is 223 g/mol. The van der Waals surface area contributed by atoms with E-state index in [4.69, 9.17) is 5.73 Å². The number of hydrogen-bond donors (Lipinski definition) is 2. The number of nitrogens with zero attached hydrogens (tertiary/aromatic N) is 1. The first-order valence-electron chi connectivity index (χ1n) is 5.62. The summed E-state index contributed by atoms with van der Waals surface area (Å²) >= 11 is 0. The van der Waals surface area contributed by atoms with Crippen LogP contribution in [0.5, 0.6) is 0 Å². The van der Waals surface area contributed by atoms with Crippen LogP contribution in [0, 0.1) is 5.41 Å². The second kappa shape index (κ2) is 5.16. The Morgan fingerprint density at radius 2 is 2.25 bits per heavy atom. The highest BCUT2D eigenvalue weighted by molar-refractivity contribution is 5.80. The maximum atomic E-state index is 11.1. The number of carbonyl (C=O) groups is 1. The first-order valence-corrected chi connectivity index (χ1v) is 5.62. The van der Waals surface area contributed by atoms with Gasteiger partial charge in [-0.05, 0) is 32.9 Å². The van der Waals surface area contributed by atoms with E-state index >= 15 is 0 Å². The maximum Gasteiger partial charge on any atom is 0.224 e. The van der Waals surface area contributed by atoms with E-state index in [1.165, 1.54) is 5.69 Å². The van der Waals surface area contributed by atoms with Gasteiger partial charge in [0.25, 0.3) is 0 Å². The summed E-state index contributed by atoms with van der Waals surface area (Å²) in [6.07, 6.45) is 2.05. The fourth-order valence-electron chi connectivity index (χ4n) is 1.51. The summed E-state index contributed by atoms with van der Waals surface area (Å²) in [7, 11) is 0. The zero-order valence-electron chi connectivity index (χ0n) is 10.3. The Balaban J connectivity index is 2.44. The van der Waals surface area contributed by atoms with Crippen LogP contribution in [0.2, 0.25) is 0 Å². The SMILES string of the molecule is CCn1cccc1CNCC(C)(C)C(N)=O. The monoisotopic (exact) mass is 223 g/mol. The van der Waals surface area contributed by atoms with Crippen LogP contribution in [0.3, 0.4) is 0 Å². The van der Waals surface area contributed by atoms with Gasteiger partial charge >= 0.3 is 0 Å². The smallest absolute Gasteiger partial charge is 0.224 e. The van der Waals surface area contributed by atoms with Crippen LogP contribution < -0.4 is 11.1 Å². The van der Waals surface area contributed by atoms with Crippen LogP contribution >= 0.6 is 0 Å². The van der Waals surface area contributed by atoms with Crippen LogP contribution in [0.25, 0.3) is 0 Å². The molecule has 0 atom stereocenters. The second-order valence-electron chi connectivity index (χ2n) is 4.64. The van der Waals surface area contributed by atoms with E-state index in [1.54, 1.807) is 0 Å². The van der Waals surface area contributed by atoms with E-state index in [0.29, 0.717) is 6.54 Å². The van der Waals surface area contributed by atoms with Gasteiger partial charge in [-0.15, -0.1) is 0 Å². The Kier molecular flexibility index (Phi) is 4.12. The van der Waals surface area contributed by atoms with Gasteiger partial charge in [-0.3, -0.25) is 4.79 Å². The molecule has 0 aromatic carbocycles. The van der Waals surface area contributed by atoms with E-state index in [9.17, 15) is 4.79 Å². The summed E-state index contributed by atoms with van der Waals surface area (Å²) in [5.74, 6) is -0.272. The topological polar surface area (TPSA) is 60.1 Å². The lowest BCUT2D eigenvalue weighted by molar-refractivity contribution is -0.125. The molecule has 1 heterocycles. The number of amides is 1. The third kappa shape index (κ3) is 3.10. The van der Waals surface area contributed by atoms with E-state index in [2.05, 4.69) is 29.1 Å². The van der Waals surface area contributed by atoms with Gasteiger partial charge in [0.2, 0.25) is 5.91 Å². The maximum absolute atomic E-state index is 11.1. The summed E-state index contributed by atoms with van der Waals surface area (Å²) in [6, 6.07) is 4.10. The zero-order chi connectivity index (χ0) is 12.2. The van der Waals surface area contributed by atoms with Crippen LogP contribution in [0.4, 0.5) is 0 Å². The number of rotatable bonds is 6. The predicted molar refractivity (Wildman–Crippen MR) is 64.8 cm³/mol. The van der Waals surface area contributed by atoms with Crippen molar-refractivity contribution in [1.82, 2.24) is 9.88 Å². The molecule has 0 radical (unpaired) electrons. The lowest BCUT2D eigenvalue weighted by Gasteiger charge is -2.21. The van der Waals surface area contributed by atoms with Gasteiger partial charge < -0.3 is 15.6 Å². The van der Waals surface area contributed by atoms with Crippen molar-refractivity contribution in [3.05, 3.63) is 24.0 Å². The van der Waals surface area contributed by atoms with Crippen molar-refractivity contribution in [3.63, 3.8) is 0 Å². The van der Waals surface area contributed by atoms with Crippen LogP contribution in [-0.2, 0) is 17.9 Å². The molecule has 0 saturated heterocycles. The molecule has 0 spiro atoms. The fourth-order valence-corrected chi connectivity index (χ4v) is 1.51. The predicted octanol–water partition coefficient (Wildman–Crippen LogP) is 1.11. The van der Waals surface area contributed by atoms with Gasteiger partial charge in [0.05, 0.1) is 5.41 Å². The summed E-state index contributed by atoms with van der Waals surface area (Å²) in [4.78, 5) is 11.1. The first kappa shape index (κ1) is 12.8. The van der Waals surface area contributed by atoms with Crippen LogP contribution in [-0.4, -0.2) is 17.0 Å². The van der Waals surface area contributed by atoms with Gasteiger partial charge in [-0.1, -0.05) is 0 Å². The number of aryl methyl sites for hydroxylation is 1. The van der Waals surface area contributed by atoms with E-state index in [0.717, 1.165) is 13.1 Å². The minimum Gasteiger partial charge on any atom is -0.369 e. The third-order valence-electron chi connectivity index (χ3n) is 2.80. The Morgan fingerprint density at radius 1 is 1.56 bits per heavy atom. The minimum absolute atomic E-state index is 0.272. The van der Waals surface area contributed by atoms with Crippen LogP contribution in [0.1, 0.15) is 26.5 Å². The van der Waals surface area contributed by atoms with Crippen molar-refractivity contribution in [2.45, 2.75) is 33.9 Å². The molecule has 1 aromatic rings. The highest BCUT2D eigenvalue weighted by Crippen LogP contribution is 2.12. The van der Waals surface area contributed by atoms with Gasteiger partial charge in [0, 0.05) is 31.5 Å². The van der Waals surface area contributed by atoms with Crippen molar-refractivity contribution < 1.29 is 4.79 Å². The standard InChI is InChI=1S/C12H21N3O/c1-4-15-7-5-6-10(15)8-14-9-12(2,3)11(13)16/h5-7,14H,4,8-9H2,1-3H3,(H2,13,16). The average Bonchev–Trinajstić information content (AvgIpc) is 2.64. The molecule has 3 N–H and O–H groups in total. The largest absolute Gasteiger partial charge is 0.369 e. The molecule has 0 aliphatic rings. The Morgan fingerprint density at radius 3 is 2.81 bits per heavy atom. The molecule has 1 aromatic heterocycles. The van der Waals surface area contributed by atoms with Crippen molar-refractivity contribution in [3.8, 4) is 0 Å². The quantitative estimate of drug-likeness (QED) is 0.759. The number of primary amides is 1. The van der Waals surface area contributed by atoms with Gasteiger partial charge in [0.1, 0.15) is 0 Å². The normalized spacial score (nSPS) is 11.7. The molecule has 1 rings (SSSR count). The van der Waals surface area contributed by atoms with E-state index in [1.807, 2.05) is 19.9 Å². The Labute approximate surface area is 96.8 Å². The molecule has 0 fully saturated rings. The molecule has 0 aliphatic heterocycles. The number of nitrogens with one attached hydrogen (secondary N) is 1. The van der Waals surface area contributed by atoms with E-state index in [-0.39, 0.29) is 5.91 Å². The van der Waals surface area contributed by atoms with Crippen molar-refractivity contribution in [2.75, 3.05) is 6.54 Å². The number of carbonyl (C=O) groups excluding carboxylic acids is 1. The summed E-state index contributed by atoms with van der Waals surface area (Å²) in [5.41, 5.74) is 6.03. The molecular formula is C12H21N3O. The van der Waals surface area contributed by atoms with Crippen molar-refractivity contribution in [2.24, 2.45) is 11.1 Å². The highest BCUT2D eigenvalue weighted by Gasteiger charge is 2.24. The molecule has 4 nitrogen and oxygen atoms in total. The lowest BCUT2D eigenvalue weighted by atomic mass is 9.93. The molecule has 1 amide bonds. The molecule has 4 heteroatoms. The minimum atomic E-state index is -0.496. The molecule has 0 saturated carbocycles. The molecule has 0 bridgehead atoms. The zero-order valence-corrected chi connectivity index (χ0v) is 10.3. The fraction of sp³-hybridized carbons (Fsp3) is 0.583. The van der Waals surface area contributed by atoms with Gasteiger partial charge in [0.15, 0.2) is 0 Å². The molecule has 0 aliphatic carbocycles. The molecule has 90 valence electrons. The summed E-state index contributed by atoms with van der Waals surface area (Å²) < 4.78 is 2.17. The summed E-state index contributed by atoms with van der Waals surface area (Å²) in [6.45, 7) is 8.12. The first-order chi connectivity index (χ1) is 7.47. The number of hydrogen-bond acceptors (Lipinski definition) is 2. The van der Waals surface area contributed by atoms with Crippen LogP contribution in [0.15, 0.2) is 18.3 Å². The van der Waals surface area contributed by atoms with Gasteiger partial charge in [-0.2, -0.15) is 0 Å². The lowest BCUT2D eigenvalue weighted by Crippen LogP contribution is -2.40. The highest BCUT2D eigenvalue weighted by atomic mass is 16.1. The van der Waals surface area contributed by atoms with Crippen molar-refractivity contribution >= 4 is 5.91 Å². The number of aromatic nitrogens is 1. The number of nitrogens with two attached hydrogens (primary N) is 1. The Hall–Kier alpha value is -1.29. The van der Waals surface area contributed by atoms with Crippen molar-refractivity contribution in [1.29, 1.82) is 0 Å². The Bertz CT molecular complexity index is 355. The molecular weight excluding hydrogens is 202 g/mol. The summed E-state index contributed by atoms with van der Waals surface area (Å²) in [5, 5.41) is 3.26.